The number of benzene rings is 3. The van der Waals surface area contributed by atoms with Crippen LogP contribution in [-0.4, -0.2) is 77.7 Å². The molecule has 46 heavy (non-hydrogen) atoms. The van der Waals surface area contributed by atoms with E-state index in [0.29, 0.717) is 12.1 Å². The Balaban J connectivity index is 1.48. The second-order valence-electron chi connectivity index (χ2n) is 11.7. The molecule has 11 nitrogen and oxygen atoms in total. The van der Waals surface area contributed by atoms with Gasteiger partial charge in [0, 0.05) is 44.8 Å². The molecular formula is C35H42N6O5. The van der Waals surface area contributed by atoms with E-state index in [1.807, 2.05) is 54.6 Å². The van der Waals surface area contributed by atoms with Crippen molar-refractivity contribution in [3.63, 3.8) is 0 Å². The number of quaternary nitrogens is 1. The largest absolute Gasteiger partial charge is 0.624 e. The Hall–Kier alpha value is -4.71. The molecule has 242 valence electrons. The van der Waals surface area contributed by atoms with Crippen LogP contribution in [0.3, 0.4) is 0 Å². The van der Waals surface area contributed by atoms with E-state index in [1.165, 1.54) is 17.0 Å². The fourth-order valence-corrected chi connectivity index (χ4v) is 6.18. The molecule has 0 radical (unpaired) electrons. The Morgan fingerprint density at radius 2 is 1.67 bits per heavy atom. The van der Waals surface area contributed by atoms with E-state index in [4.69, 9.17) is 0 Å². The quantitative estimate of drug-likeness (QED) is 0.138. The summed E-state index contributed by atoms with van der Waals surface area (Å²) in [7, 11) is 0. The van der Waals surface area contributed by atoms with Gasteiger partial charge >= 0.3 is 6.03 Å². The van der Waals surface area contributed by atoms with Crippen LogP contribution in [0.1, 0.15) is 29.5 Å². The van der Waals surface area contributed by atoms with E-state index in [2.05, 4.69) is 22.1 Å². The average Bonchev–Trinajstić information content (AvgIpc) is 3.62. The number of rotatable bonds is 12. The molecule has 2 heterocycles. The van der Waals surface area contributed by atoms with E-state index in [0.717, 1.165) is 42.7 Å². The van der Waals surface area contributed by atoms with Gasteiger partial charge in [0.25, 0.3) is 0 Å². The molecule has 0 saturated carbocycles. The fourth-order valence-electron chi connectivity index (χ4n) is 6.18. The first kappa shape index (κ1) is 32.7. The highest BCUT2D eigenvalue weighted by atomic mass is 16.5. The molecule has 0 bridgehead atoms. The molecule has 3 aromatic carbocycles. The second-order valence-corrected chi connectivity index (χ2v) is 11.7. The minimum Gasteiger partial charge on any atom is -0.624 e. The fraction of sp³-hybridized carbons (Fsp3) is 0.343. The Bertz CT molecular complexity index is 1490. The van der Waals surface area contributed by atoms with Gasteiger partial charge < -0.3 is 30.7 Å². The third kappa shape index (κ3) is 7.92. The molecule has 1 unspecified atom stereocenters. The van der Waals surface area contributed by atoms with Crippen molar-refractivity contribution < 1.29 is 24.6 Å². The number of phenolic OH excluding ortho intramolecular Hbond substituents is 1. The number of nitrogens with zero attached hydrogens (tertiary/aromatic N) is 3. The lowest BCUT2D eigenvalue weighted by Gasteiger charge is -2.48. The number of para-hydroxylation sites is 1. The Labute approximate surface area is 269 Å². The summed E-state index contributed by atoms with van der Waals surface area (Å²) in [6.07, 6.45) is 2.70. The van der Waals surface area contributed by atoms with E-state index < -0.39 is 29.2 Å². The van der Waals surface area contributed by atoms with E-state index in [9.17, 15) is 24.7 Å². The number of nitrogens with one attached hydrogen (secondary N) is 3. The summed E-state index contributed by atoms with van der Waals surface area (Å²) in [5, 5.41) is 28.7. The van der Waals surface area contributed by atoms with Gasteiger partial charge in [0.05, 0.1) is 13.1 Å². The van der Waals surface area contributed by atoms with E-state index >= 15 is 0 Å². The molecule has 5 rings (SSSR count). The van der Waals surface area contributed by atoms with Crippen LogP contribution < -0.4 is 20.6 Å². The SMILES string of the molecule is C=CCNCC(=O)N1[C@@H](Cc2ccc(O)cc2)C(=O)N(Cc2ccccc2N2CCCC2)C[C@@H]1[NH+]([O-])C(=O)NCc1ccccc1. The summed E-state index contributed by atoms with van der Waals surface area (Å²) in [5.74, 6) is -0.705. The number of carbonyl (C=O) groups is 3. The van der Waals surface area contributed by atoms with Crippen LogP contribution in [0.4, 0.5) is 10.5 Å². The van der Waals surface area contributed by atoms with E-state index in [1.54, 1.807) is 23.1 Å². The van der Waals surface area contributed by atoms with Crippen molar-refractivity contribution in [1.29, 1.82) is 0 Å². The maximum absolute atomic E-state index is 14.3. The lowest BCUT2D eigenvalue weighted by Crippen LogP contribution is -3.18. The number of carbonyl (C=O) groups excluding carboxylic acids is 3. The van der Waals surface area contributed by atoms with Crippen molar-refractivity contribution in [3.05, 3.63) is 113 Å². The number of hydrogen-bond donors (Lipinski definition) is 4. The summed E-state index contributed by atoms with van der Waals surface area (Å²) in [6.45, 7) is 6.00. The van der Waals surface area contributed by atoms with Crippen LogP contribution in [0.5, 0.6) is 5.75 Å². The van der Waals surface area contributed by atoms with Crippen molar-refractivity contribution in [2.24, 2.45) is 0 Å². The predicted octanol–water partition coefficient (Wildman–Crippen LogP) is 2.17. The van der Waals surface area contributed by atoms with Crippen LogP contribution >= 0.6 is 0 Å². The van der Waals surface area contributed by atoms with Gasteiger partial charge in [0.2, 0.25) is 11.8 Å². The summed E-state index contributed by atoms with van der Waals surface area (Å²) in [4.78, 5) is 46.7. The number of amides is 4. The number of aromatic hydroxyl groups is 1. The van der Waals surface area contributed by atoms with Crippen LogP contribution in [-0.2, 0) is 29.1 Å². The minimum atomic E-state index is -1.20. The molecule has 0 aromatic heterocycles. The number of piperazine rings is 1. The first-order valence-corrected chi connectivity index (χ1v) is 15.7. The van der Waals surface area contributed by atoms with Crippen molar-refractivity contribution >= 4 is 23.5 Å². The van der Waals surface area contributed by atoms with Gasteiger partial charge in [0.1, 0.15) is 11.8 Å². The predicted molar refractivity (Wildman–Crippen MR) is 176 cm³/mol. The molecule has 0 aliphatic carbocycles. The number of phenols is 1. The topological polar surface area (TPSA) is 133 Å². The first-order chi connectivity index (χ1) is 22.4. The molecule has 2 saturated heterocycles. The summed E-state index contributed by atoms with van der Waals surface area (Å²) in [6, 6.07) is 21.7. The molecule has 11 heteroatoms. The summed E-state index contributed by atoms with van der Waals surface area (Å²) >= 11 is 0. The molecule has 0 spiro atoms. The van der Waals surface area contributed by atoms with Gasteiger partial charge in [-0.05, 0) is 47.7 Å². The molecule has 3 atom stereocenters. The minimum absolute atomic E-state index is 0.0727. The second kappa shape index (κ2) is 15.5. The lowest BCUT2D eigenvalue weighted by molar-refractivity contribution is -0.805. The van der Waals surface area contributed by atoms with Gasteiger partial charge in [0.15, 0.2) is 6.17 Å². The standard InChI is InChI=1S/C35H42N6O5/c1-2-18-36-23-33(43)40-31(21-26-14-16-29(42)17-15-26)34(44)39(24-28-12-6-7-13-30(28)38-19-8-9-20-38)25-32(40)41(46)35(45)37-22-27-10-4-3-5-11-27/h2-7,10-17,31-32,36,41-42H,1,8-9,18-25H2,(H,37,45)/t31-,32-/m0/s1. The van der Waals surface area contributed by atoms with Gasteiger partial charge in [-0.1, -0.05) is 66.7 Å². The summed E-state index contributed by atoms with van der Waals surface area (Å²) in [5.41, 5.74) is 3.51. The smallest absolute Gasteiger partial charge is 0.416 e. The normalized spacial score (nSPS) is 18.8. The van der Waals surface area contributed by atoms with Crippen LogP contribution in [0.25, 0.3) is 0 Å². The average molecular weight is 627 g/mol. The Kier molecular flexibility index (Phi) is 11.0. The summed E-state index contributed by atoms with van der Waals surface area (Å²) < 4.78 is 0. The number of anilines is 1. The van der Waals surface area contributed by atoms with Crippen molar-refractivity contribution in [3.8, 4) is 5.75 Å². The highest BCUT2D eigenvalue weighted by molar-refractivity contribution is 5.90. The maximum atomic E-state index is 14.3. The van der Waals surface area contributed by atoms with Gasteiger partial charge in [-0.3, -0.25) is 19.6 Å². The number of urea groups is 1. The maximum Gasteiger partial charge on any atom is 0.416 e. The highest BCUT2D eigenvalue weighted by Crippen LogP contribution is 2.28. The van der Waals surface area contributed by atoms with Gasteiger partial charge in [-0.15, -0.1) is 6.58 Å². The monoisotopic (exact) mass is 626 g/mol. The zero-order valence-electron chi connectivity index (χ0n) is 25.9. The molecule has 2 fully saturated rings. The zero-order chi connectivity index (χ0) is 32.5. The van der Waals surface area contributed by atoms with E-state index in [-0.39, 0.29) is 44.3 Å². The molecule has 2 aliphatic rings. The third-order valence-corrected chi connectivity index (χ3v) is 8.50. The molecule has 3 aromatic rings. The number of hydroxylamine groups is 2. The van der Waals surface area contributed by atoms with Crippen molar-refractivity contribution in [2.45, 2.75) is 44.6 Å². The molecular weight excluding hydrogens is 584 g/mol. The van der Waals surface area contributed by atoms with Gasteiger partial charge in [-0.25, -0.2) is 4.79 Å². The Morgan fingerprint density at radius 1 is 0.978 bits per heavy atom. The first-order valence-electron chi connectivity index (χ1n) is 15.7. The van der Waals surface area contributed by atoms with Crippen LogP contribution in [0.15, 0.2) is 91.5 Å². The third-order valence-electron chi connectivity index (χ3n) is 8.50. The molecule has 4 amide bonds. The highest BCUT2D eigenvalue weighted by Gasteiger charge is 2.47. The number of hydrogen-bond acceptors (Lipinski definition) is 7. The van der Waals surface area contributed by atoms with Crippen LogP contribution in [0, 0.1) is 5.21 Å². The Morgan fingerprint density at radius 3 is 2.39 bits per heavy atom. The molecule has 4 N–H and O–H groups in total. The molecule has 2 aliphatic heterocycles. The van der Waals surface area contributed by atoms with Crippen molar-refractivity contribution in [2.75, 3.05) is 37.6 Å². The lowest BCUT2D eigenvalue weighted by atomic mass is 9.98. The zero-order valence-corrected chi connectivity index (χ0v) is 25.9. The van der Waals surface area contributed by atoms with Gasteiger partial charge in [-0.2, -0.15) is 0 Å². The van der Waals surface area contributed by atoms with Crippen LogP contribution in [0.2, 0.25) is 0 Å². The van der Waals surface area contributed by atoms with Crippen molar-refractivity contribution in [1.82, 2.24) is 20.4 Å².